The minimum atomic E-state index is -3.25. The first-order valence-corrected chi connectivity index (χ1v) is 12.1. The van der Waals surface area contributed by atoms with Crippen molar-refractivity contribution in [3.8, 4) is 0 Å². The van der Waals surface area contributed by atoms with Crippen LogP contribution in [-0.4, -0.2) is 0 Å². The molecule has 0 radical (unpaired) electrons. The van der Waals surface area contributed by atoms with Crippen LogP contribution in [-0.2, 0) is 4.57 Å². The van der Waals surface area contributed by atoms with Crippen molar-refractivity contribution in [3.05, 3.63) is 111 Å². The number of rotatable bonds is 6. The normalized spacial score (nSPS) is 12.7. The van der Waals surface area contributed by atoms with Gasteiger partial charge in [-0.2, -0.15) is 0 Å². The monoisotopic (exact) mass is 539 g/mol. The Bertz CT molecular complexity index is 993. The summed E-state index contributed by atoms with van der Waals surface area (Å²) in [6, 6.07) is 26.5. The first-order valence-electron chi connectivity index (χ1n) is 8.47. The Morgan fingerprint density at radius 1 is 0.750 bits per heavy atom. The Hall–Kier alpha value is -1.52. The Balaban J connectivity index is 2.05. The molecule has 0 atom stereocenters. The van der Waals surface area contributed by atoms with Crippen LogP contribution in [0.15, 0.2) is 96.6 Å². The molecule has 0 bridgehead atoms. The molecule has 0 heterocycles. The van der Waals surface area contributed by atoms with E-state index in [0.717, 1.165) is 20.4 Å². The van der Waals surface area contributed by atoms with Gasteiger partial charge in [-0.25, -0.2) is 0 Å². The molecule has 0 spiro atoms. The van der Waals surface area contributed by atoms with Crippen molar-refractivity contribution >= 4 is 68.8 Å². The maximum absolute atomic E-state index is 13.9. The van der Waals surface area contributed by atoms with Gasteiger partial charge in [0.2, 0.25) is 7.29 Å². The van der Waals surface area contributed by atoms with Gasteiger partial charge in [-0.3, -0.25) is 4.57 Å². The Kier molecular flexibility index (Phi) is 7.42. The molecule has 0 aliphatic carbocycles. The number of hydrogen-bond donors (Lipinski definition) is 1. The van der Waals surface area contributed by atoms with Crippen molar-refractivity contribution in [1.29, 1.82) is 0 Å². The maximum atomic E-state index is 13.9. The number of benzene rings is 3. The lowest BCUT2D eigenvalue weighted by Crippen LogP contribution is -1.96. The first kappa shape index (κ1) is 21.2. The molecule has 0 amide bonds. The van der Waals surface area contributed by atoms with Gasteiger partial charge in [0.25, 0.3) is 0 Å². The molecule has 142 valence electrons. The molecule has 0 aromatic heterocycles. The second-order valence-electron chi connectivity index (χ2n) is 5.99. The van der Waals surface area contributed by atoms with E-state index in [-0.39, 0.29) is 0 Å². The van der Waals surface area contributed by atoms with Crippen molar-refractivity contribution in [1.82, 2.24) is 0 Å². The van der Waals surface area contributed by atoms with Gasteiger partial charge < -0.3 is 5.09 Å². The Morgan fingerprint density at radius 3 is 1.64 bits per heavy atom. The van der Waals surface area contributed by atoms with Crippen molar-refractivity contribution in [2.24, 2.45) is 0 Å². The molecule has 0 unspecified atom stereocenters. The van der Waals surface area contributed by atoms with Gasteiger partial charge in [-0.1, -0.05) is 96.0 Å². The summed E-state index contributed by atoms with van der Waals surface area (Å²) in [6.07, 6.45) is 0. The highest BCUT2D eigenvalue weighted by Gasteiger charge is 2.20. The standard InChI is InChI=1S/C22H17Cl2INOP/c23-19(17-9-3-1-4-10-17)15-28(27,26-22-14-8-7-13-21(22)25)16-20(24)18-11-5-2-6-12-18/h1-16H,(H,26,27)/b19-15-,20-16-. The second kappa shape index (κ2) is 9.80. The van der Waals surface area contributed by atoms with Crippen LogP contribution in [0.25, 0.3) is 10.1 Å². The van der Waals surface area contributed by atoms with E-state index in [4.69, 9.17) is 23.2 Å². The molecule has 1 N–H and O–H groups in total. The topological polar surface area (TPSA) is 29.1 Å². The molecule has 0 aliphatic rings. The van der Waals surface area contributed by atoms with Gasteiger partial charge in [0.1, 0.15) is 0 Å². The summed E-state index contributed by atoms with van der Waals surface area (Å²) in [7, 11) is -3.25. The summed E-state index contributed by atoms with van der Waals surface area (Å²) >= 11 is 15.2. The molecule has 3 rings (SSSR count). The lowest BCUT2D eigenvalue weighted by Gasteiger charge is -2.17. The molecule has 6 heteroatoms. The minimum Gasteiger partial charge on any atom is -0.329 e. The molecular formula is C22H17Cl2INOP. The van der Waals surface area contributed by atoms with Gasteiger partial charge in [-0.15, -0.1) is 0 Å². The molecule has 0 fully saturated rings. The van der Waals surface area contributed by atoms with Crippen LogP contribution in [0.2, 0.25) is 0 Å². The fourth-order valence-electron chi connectivity index (χ4n) is 2.52. The van der Waals surface area contributed by atoms with Crippen LogP contribution >= 0.6 is 53.1 Å². The number of hydrogen-bond acceptors (Lipinski definition) is 1. The van der Waals surface area contributed by atoms with Crippen LogP contribution in [0.5, 0.6) is 0 Å². The summed E-state index contributed by atoms with van der Waals surface area (Å²) in [5, 5.41) is 3.95. The van der Waals surface area contributed by atoms with Gasteiger partial charge in [0.15, 0.2) is 0 Å². The average Bonchev–Trinajstić information content (AvgIpc) is 2.71. The third-order valence-electron chi connectivity index (χ3n) is 3.88. The van der Waals surface area contributed by atoms with E-state index in [1.807, 2.05) is 84.9 Å². The van der Waals surface area contributed by atoms with Gasteiger partial charge in [0.05, 0.1) is 15.8 Å². The molecule has 0 saturated heterocycles. The number of para-hydroxylation sites is 1. The van der Waals surface area contributed by atoms with Gasteiger partial charge in [0, 0.05) is 15.2 Å². The zero-order valence-electron chi connectivity index (χ0n) is 14.7. The highest BCUT2D eigenvalue weighted by molar-refractivity contribution is 14.1. The number of anilines is 1. The van der Waals surface area contributed by atoms with Gasteiger partial charge >= 0.3 is 0 Å². The predicted octanol–water partition coefficient (Wildman–Crippen LogP) is 8.46. The van der Waals surface area contributed by atoms with Crippen LogP contribution in [0, 0.1) is 3.57 Å². The summed E-state index contributed by atoms with van der Waals surface area (Å²) in [6.45, 7) is 0. The van der Waals surface area contributed by atoms with Crippen molar-refractivity contribution in [2.75, 3.05) is 5.09 Å². The van der Waals surface area contributed by atoms with Crippen molar-refractivity contribution in [2.45, 2.75) is 0 Å². The molecular weight excluding hydrogens is 523 g/mol. The maximum Gasteiger partial charge on any atom is 0.216 e. The smallest absolute Gasteiger partial charge is 0.216 e. The lowest BCUT2D eigenvalue weighted by molar-refractivity contribution is 0.589. The Morgan fingerprint density at radius 2 is 1.18 bits per heavy atom. The predicted molar refractivity (Wildman–Crippen MR) is 131 cm³/mol. The molecule has 2 nitrogen and oxygen atoms in total. The molecule has 0 saturated carbocycles. The molecule has 3 aromatic carbocycles. The average molecular weight is 540 g/mol. The SMILES string of the molecule is O=P(/C=C(\Cl)c1ccccc1)(/C=C(\Cl)c1ccccc1)Nc1ccccc1I. The summed E-state index contributed by atoms with van der Waals surface area (Å²) < 4.78 is 14.8. The fourth-order valence-corrected chi connectivity index (χ4v) is 6.13. The third kappa shape index (κ3) is 5.74. The zero-order chi connectivity index (χ0) is 20.0. The summed E-state index contributed by atoms with van der Waals surface area (Å²) in [5.74, 6) is 3.11. The highest BCUT2D eigenvalue weighted by Crippen LogP contribution is 2.54. The summed E-state index contributed by atoms with van der Waals surface area (Å²) in [5.41, 5.74) is 2.34. The van der Waals surface area contributed by atoms with Crippen LogP contribution in [0.1, 0.15) is 11.1 Å². The molecule has 3 aromatic rings. The van der Waals surface area contributed by atoms with Crippen molar-refractivity contribution in [3.63, 3.8) is 0 Å². The van der Waals surface area contributed by atoms with E-state index in [1.54, 1.807) is 11.6 Å². The quantitative estimate of drug-likeness (QED) is 0.251. The van der Waals surface area contributed by atoms with Crippen LogP contribution in [0.3, 0.4) is 0 Å². The van der Waals surface area contributed by atoms with Crippen LogP contribution < -0.4 is 5.09 Å². The molecule has 0 aliphatic heterocycles. The summed E-state index contributed by atoms with van der Waals surface area (Å²) in [4.78, 5) is 0. The Labute approximate surface area is 188 Å². The second-order valence-corrected chi connectivity index (χ2v) is 10.1. The minimum absolute atomic E-state index is 0.399. The van der Waals surface area contributed by atoms with E-state index in [0.29, 0.717) is 10.1 Å². The third-order valence-corrected chi connectivity index (χ3v) is 7.65. The lowest BCUT2D eigenvalue weighted by atomic mass is 10.2. The first-order chi connectivity index (χ1) is 13.5. The van der Waals surface area contributed by atoms with Crippen LogP contribution in [0.4, 0.5) is 5.69 Å². The molecule has 28 heavy (non-hydrogen) atoms. The van der Waals surface area contributed by atoms with E-state index in [1.165, 1.54) is 0 Å². The fraction of sp³-hybridized carbons (Fsp3) is 0. The van der Waals surface area contributed by atoms with E-state index >= 15 is 0 Å². The van der Waals surface area contributed by atoms with Gasteiger partial charge in [-0.05, 0) is 45.9 Å². The largest absolute Gasteiger partial charge is 0.329 e. The van der Waals surface area contributed by atoms with E-state index in [2.05, 4.69) is 27.7 Å². The van der Waals surface area contributed by atoms with E-state index < -0.39 is 7.29 Å². The van der Waals surface area contributed by atoms with E-state index in [9.17, 15) is 4.57 Å². The zero-order valence-corrected chi connectivity index (χ0v) is 19.3. The highest BCUT2D eigenvalue weighted by atomic mass is 127. The van der Waals surface area contributed by atoms with Crippen molar-refractivity contribution < 1.29 is 4.57 Å². The number of nitrogens with one attached hydrogen (secondary N) is 1. The number of halogens is 3.